The SMILES string of the molecule is O=C(O)CC1(NC(=O)C2CCCN(C(=O)Cc3ccccc3)C2)CCCC1. The van der Waals surface area contributed by atoms with Gasteiger partial charge in [-0.2, -0.15) is 0 Å². The second-order valence-electron chi connectivity index (χ2n) is 7.89. The summed E-state index contributed by atoms with van der Waals surface area (Å²) in [5.74, 6) is -1.19. The number of hydrogen-bond donors (Lipinski definition) is 2. The average Bonchev–Trinajstić information content (AvgIpc) is 3.09. The lowest BCUT2D eigenvalue weighted by molar-refractivity contribution is -0.139. The molecular formula is C21H28N2O4. The summed E-state index contributed by atoms with van der Waals surface area (Å²) in [7, 11) is 0. The number of benzene rings is 1. The van der Waals surface area contributed by atoms with Crippen molar-refractivity contribution in [3.63, 3.8) is 0 Å². The normalized spacial score (nSPS) is 21.6. The number of rotatable bonds is 6. The van der Waals surface area contributed by atoms with E-state index in [0.717, 1.165) is 31.2 Å². The first kappa shape index (κ1) is 19.4. The van der Waals surface area contributed by atoms with Crippen molar-refractivity contribution in [2.45, 2.75) is 56.9 Å². The van der Waals surface area contributed by atoms with E-state index < -0.39 is 11.5 Å². The summed E-state index contributed by atoms with van der Waals surface area (Å²) in [4.78, 5) is 38.4. The van der Waals surface area contributed by atoms with Crippen LogP contribution in [0.4, 0.5) is 0 Å². The highest BCUT2D eigenvalue weighted by Gasteiger charge is 2.39. The number of carbonyl (C=O) groups is 3. The van der Waals surface area contributed by atoms with Crippen molar-refractivity contribution < 1.29 is 19.5 Å². The maximum atomic E-state index is 12.8. The number of carboxylic acid groups (broad SMARTS) is 1. The molecule has 1 saturated heterocycles. The predicted octanol–water partition coefficient (Wildman–Crippen LogP) is 2.37. The van der Waals surface area contributed by atoms with E-state index in [1.807, 2.05) is 30.3 Å². The summed E-state index contributed by atoms with van der Waals surface area (Å²) in [6.07, 6.45) is 5.18. The number of piperidine rings is 1. The van der Waals surface area contributed by atoms with Gasteiger partial charge in [0.25, 0.3) is 0 Å². The average molecular weight is 372 g/mol. The van der Waals surface area contributed by atoms with Gasteiger partial charge in [0.05, 0.1) is 24.3 Å². The van der Waals surface area contributed by atoms with E-state index in [9.17, 15) is 19.5 Å². The molecule has 2 fully saturated rings. The van der Waals surface area contributed by atoms with Crippen LogP contribution in [0.15, 0.2) is 30.3 Å². The Morgan fingerprint density at radius 1 is 1.11 bits per heavy atom. The minimum absolute atomic E-state index is 0.0257. The zero-order valence-electron chi connectivity index (χ0n) is 15.7. The van der Waals surface area contributed by atoms with Crippen molar-refractivity contribution in [1.82, 2.24) is 10.2 Å². The largest absolute Gasteiger partial charge is 0.481 e. The Hall–Kier alpha value is -2.37. The third-order valence-corrected chi connectivity index (χ3v) is 5.78. The third-order valence-electron chi connectivity index (χ3n) is 5.78. The lowest BCUT2D eigenvalue weighted by atomic mass is 9.90. The molecular weight excluding hydrogens is 344 g/mol. The van der Waals surface area contributed by atoms with Gasteiger partial charge in [0.15, 0.2) is 0 Å². The zero-order chi connectivity index (χ0) is 19.3. The first-order valence-corrected chi connectivity index (χ1v) is 9.83. The second kappa shape index (κ2) is 8.55. The van der Waals surface area contributed by atoms with Crippen LogP contribution in [-0.4, -0.2) is 46.4 Å². The molecule has 3 rings (SSSR count). The standard InChI is InChI=1S/C21H28N2O4/c24-18(13-16-7-2-1-3-8-16)23-12-6-9-17(15-23)20(27)22-21(14-19(25)26)10-4-5-11-21/h1-3,7-8,17H,4-6,9-15H2,(H,22,27)(H,25,26). The topological polar surface area (TPSA) is 86.7 Å². The van der Waals surface area contributed by atoms with Crippen LogP contribution >= 0.6 is 0 Å². The highest BCUT2D eigenvalue weighted by atomic mass is 16.4. The highest BCUT2D eigenvalue weighted by Crippen LogP contribution is 2.33. The Balaban J connectivity index is 1.59. The number of likely N-dealkylation sites (tertiary alicyclic amines) is 1. The summed E-state index contributed by atoms with van der Waals surface area (Å²) in [5, 5.41) is 12.3. The van der Waals surface area contributed by atoms with Crippen LogP contribution in [0.1, 0.15) is 50.5 Å². The van der Waals surface area contributed by atoms with E-state index in [0.29, 0.717) is 32.4 Å². The Morgan fingerprint density at radius 2 is 1.81 bits per heavy atom. The Bertz CT molecular complexity index is 683. The van der Waals surface area contributed by atoms with Crippen LogP contribution in [0.5, 0.6) is 0 Å². The van der Waals surface area contributed by atoms with Gasteiger partial charge >= 0.3 is 5.97 Å². The fraction of sp³-hybridized carbons (Fsp3) is 0.571. The first-order chi connectivity index (χ1) is 13.0. The van der Waals surface area contributed by atoms with Crippen LogP contribution in [0, 0.1) is 5.92 Å². The van der Waals surface area contributed by atoms with Gasteiger partial charge in [-0.1, -0.05) is 43.2 Å². The van der Waals surface area contributed by atoms with Crippen molar-refractivity contribution in [3.05, 3.63) is 35.9 Å². The number of amides is 2. The van der Waals surface area contributed by atoms with Gasteiger partial charge in [-0.25, -0.2) is 0 Å². The Morgan fingerprint density at radius 3 is 2.48 bits per heavy atom. The molecule has 1 atom stereocenters. The summed E-state index contributed by atoms with van der Waals surface area (Å²) in [5.41, 5.74) is 0.361. The van der Waals surface area contributed by atoms with Crippen molar-refractivity contribution in [1.29, 1.82) is 0 Å². The highest BCUT2D eigenvalue weighted by molar-refractivity contribution is 5.83. The molecule has 6 nitrogen and oxygen atoms in total. The monoisotopic (exact) mass is 372 g/mol. The molecule has 146 valence electrons. The third kappa shape index (κ3) is 5.08. The zero-order valence-corrected chi connectivity index (χ0v) is 15.7. The number of nitrogens with one attached hydrogen (secondary N) is 1. The Labute approximate surface area is 159 Å². The first-order valence-electron chi connectivity index (χ1n) is 9.83. The van der Waals surface area contributed by atoms with E-state index in [4.69, 9.17) is 0 Å². The van der Waals surface area contributed by atoms with Crippen LogP contribution in [0.2, 0.25) is 0 Å². The van der Waals surface area contributed by atoms with Crippen LogP contribution in [0.25, 0.3) is 0 Å². The molecule has 0 bridgehead atoms. The molecule has 0 spiro atoms. The molecule has 1 aromatic carbocycles. The maximum absolute atomic E-state index is 12.8. The van der Waals surface area contributed by atoms with Gasteiger partial charge in [0.1, 0.15) is 0 Å². The second-order valence-corrected chi connectivity index (χ2v) is 7.89. The summed E-state index contributed by atoms with van der Waals surface area (Å²) in [6, 6.07) is 9.62. The summed E-state index contributed by atoms with van der Waals surface area (Å²) in [6.45, 7) is 1.09. The number of aliphatic carboxylic acids is 1. The predicted molar refractivity (Wildman–Crippen MR) is 101 cm³/mol. The van der Waals surface area contributed by atoms with E-state index in [-0.39, 0.29) is 24.2 Å². The lowest BCUT2D eigenvalue weighted by Crippen LogP contribution is -2.53. The molecule has 2 aliphatic rings. The molecule has 0 aromatic heterocycles. The van der Waals surface area contributed by atoms with E-state index in [1.165, 1.54) is 0 Å². The summed E-state index contributed by atoms with van der Waals surface area (Å²) >= 11 is 0. The van der Waals surface area contributed by atoms with E-state index in [1.54, 1.807) is 4.90 Å². The van der Waals surface area contributed by atoms with Gasteiger partial charge in [0, 0.05) is 13.1 Å². The molecule has 2 N–H and O–H groups in total. The van der Waals surface area contributed by atoms with Gasteiger partial charge in [-0.15, -0.1) is 0 Å². The Kier molecular flexibility index (Phi) is 6.14. The van der Waals surface area contributed by atoms with E-state index in [2.05, 4.69) is 5.32 Å². The molecule has 1 saturated carbocycles. The lowest BCUT2D eigenvalue weighted by Gasteiger charge is -2.35. The maximum Gasteiger partial charge on any atom is 0.305 e. The fourth-order valence-corrected chi connectivity index (χ4v) is 4.35. The van der Waals surface area contributed by atoms with Crippen molar-refractivity contribution in [2.24, 2.45) is 5.92 Å². The molecule has 0 radical (unpaired) electrons. The minimum atomic E-state index is -0.875. The minimum Gasteiger partial charge on any atom is -0.481 e. The molecule has 1 aromatic rings. The van der Waals surface area contributed by atoms with Gasteiger partial charge in [0.2, 0.25) is 11.8 Å². The summed E-state index contributed by atoms with van der Waals surface area (Å²) < 4.78 is 0. The van der Waals surface area contributed by atoms with Gasteiger partial charge in [-0.3, -0.25) is 14.4 Å². The van der Waals surface area contributed by atoms with Gasteiger partial charge < -0.3 is 15.3 Å². The van der Waals surface area contributed by atoms with Gasteiger partial charge in [-0.05, 0) is 31.2 Å². The number of carboxylic acids is 1. The molecule has 1 unspecified atom stereocenters. The van der Waals surface area contributed by atoms with Crippen molar-refractivity contribution in [3.8, 4) is 0 Å². The van der Waals surface area contributed by atoms with Crippen molar-refractivity contribution >= 4 is 17.8 Å². The molecule has 1 aliphatic heterocycles. The fourth-order valence-electron chi connectivity index (χ4n) is 4.35. The molecule has 27 heavy (non-hydrogen) atoms. The van der Waals surface area contributed by atoms with Crippen LogP contribution in [-0.2, 0) is 20.8 Å². The van der Waals surface area contributed by atoms with E-state index >= 15 is 0 Å². The molecule has 1 heterocycles. The van der Waals surface area contributed by atoms with Crippen LogP contribution in [0.3, 0.4) is 0 Å². The quantitative estimate of drug-likeness (QED) is 0.803. The number of hydrogen-bond acceptors (Lipinski definition) is 3. The van der Waals surface area contributed by atoms with Crippen molar-refractivity contribution in [2.75, 3.05) is 13.1 Å². The molecule has 1 aliphatic carbocycles. The molecule has 6 heteroatoms. The number of nitrogens with zero attached hydrogens (tertiary/aromatic N) is 1. The van der Waals surface area contributed by atoms with Crippen LogP contribution < -0.4 is 5.32 Å². The molecule has 2 amide bonds. The number of carbonyl (C=O) groups excluding carboxylic acids is 2. The smallest absolute Gasteiger partial charge is 0.305 e.